The number of allylic oxidation sites excluding steroid dienone is 7. The Kier molecular flexibility index (Phi) is 17.6. The number of hydrogen-bond acceptors (Lipinski definition) is 1. The first-order valence-electron chi connectivity index (χ1n) is 11.1. The van der Waals surface area contributed by atoms with E-state index in [1.807, 2.05) is 45.1 Å². The molecular weight excluding hydrogens is 369 g/mol. The van der Waals surface area contributed by atoms with Crippen LogP contribution in [0.5, 0.6) is 0 Å². The molecule has 1 aliphatic carbocycles. The lowest BCUT2D eigenvalue weighted by atomic mass is 9.93. The number of alkyl halides is 1. The topological polar surface area (TPSA) is 23.9 Å². The van der Waals surface area contributed by atoms with Gasteiger partial charge in [-0.05, 0) is 79.0 Å². The maximum Gasteiger partial charge on any atom is 0.0866 e. The van der Waals surface area contributed by atoms with Crippen LogP contribution in [0.1, 0.15) is 78.0 Å². The first-order chi connectivity index (χ1) is 14.2. The molecule has 0 unspecified atom stereocenters. The smallest absolute Gasteiger partial charge is 0.0866 e. The predicted molar refractivity (Wildman–Crippen MR) is 136 cm³/mol. The highest BCUT2D eigenvalue weighted by molar-refractivity contribution is 6.09. The minimum absolute atomic E-state index is 0.250. The number of benzene rings is 1. The van der Waals surface area contributed by atoms with E-state index in [2.05, 4.69) is 65.5 Å². The second-order valence-electron chi connectivity index (χ2n) is 7.39. The Morgan fingerprint density at radius 1 is 1.07 bits per heavy atom. The summed E-state index contributed by atoms with van der Waals surface area (Å²) >= 11 is 0. The highest BCUT2D eigenvalue weighted by Gasteiger charge is 2.08. The normalized spacial score (nSPS) is 13.5. The van der Waals surface area contributed by atoms with Crippen LogP contribution in [0, 0.1) is 18.3 Å². The van der Waals surface area contributed by atoms with Crippen LogP contribution >= 0.6 is 0 Å². The molecule has 168 valence electrons. The number of aryl methyl sites for hydroxylation is 1. The van der Waals surface area contributed by atoms with Crippen molar-refractivity contribution in [3.63, 3.8) is 0 Å². The number of hydrogen-bond donors (Lipinski definition) is 1. The van der Waals surface area contributed by atoms with Crippen LogP contribution in [0.15, 0.2) is 66.3 Å². The van der Waals surface area contributed by atoms with Crippen molar-refractivity contribution in [2.24, 2.45) is 5.92 Å². The number of nitrogens with one attached hydrogen (secondary N) is 1. The fraction of sp³-hybridized carbons (Fsp3) is 0.464. The summed E-state index contributed by atoms with van der Waals surface area (Å²) in [6.45, 7) is 21.9. The van der Waals surface area contributed by atoms with Gasteiger partial charge in [0.25, 0.3) is 0 Å². The molecule has 0 heterocycles. The molecule has 1 N–H and O–H groups in total. The van der Waals surface area contributed by atoms with E-state index < -0.39 is 0 Å². The Bertz CT molecular complexity index is 718. The van der Waals surface area contributed by atoms with Crippen molar-refractivity contribution in [1.82, 2.24) is 0 Å². The first kappa shape index (κ1) is 30.0. The van der Waals surface area contributed by atoms with Crippen molar-refractivity contribution >= 4 is 5.71 Å². The molecule has 1 aromatic rings. The first-order valence-corrected chi connectivity index (χ1v) is 11.1. The van der Waals surface area contributed by atoms with Crippen molar-refractivity contribution in [1.29, 1.82) is 5.41 Å². The van der Waals surface area contributed by atoms with E-state index in [1.54, 1.807) is 0 Å². The maximum atomic E-state index is 10.3. The molecule has 0 spiro atoms. The van der Waals surface area contributed by atoms with E-state index >= 15 is 0 Å². The molecule has 1 aliphatic rings. The third-order valence-corrected chi connectivity index (χ3v) is 4.45. The molecule has 0 bridgehead atoms. The van der Waals surface area contributed by atoms with Gasteiger partial charge in [0.1, 0.15) is 0 Å². The third-order valence-electron chi connectivity index (χ3n) is 4.45. The summed E-state index contributed by atoms with van der Waals surface area (Å²) in [5.74, 6) is 1.17. The molecule has 0 fully saturated rings. The van der Waals surface area contributed by atoms with Crippen molar-refractivity contribution in [3.05, 3.63) is 83.0 Å². The average Bonchev–Trinajstić information content (AvgIpc) is 2.72. The van der Waals surface area contributed by atoms with Crippen LogP contribution in [0.25, 0.3) is 0 Å². The van der Waals surface area contributed by atoms with Gasteiger partial charge in [-0.25, -0.2) is 0 Å². The monoisotopic (exact) mass is 413 g/mol. The third kappa shape index (κ3) is 11.7. The van der Waals surface area contributed by atoms with Crippen molar-refractivity contribution in [3.8, 4) is 0 Å². The lowest BCUT2D eigenvalue weighted by Crippen LogP contribution is -2.03. The van der Waals surface area contributed by atoms with Gasteiger partial charge < -0.3 is 5.41 Å². The lowest BCUT2D eigenvalue weighted by molar-refractivity contribution is 0.527. The van der Waals surface area contributed by atoms with Crippen LogP contribution in [0.4, 0.5) is 4.39 Å². The van der Waals surface area contributed by atoms with E-state index in [4.69, 9.17) is 5.41 Å². The molecule has 2 rings (SSSR count). The molecule has 1 aromatic carbocycles. The van der Waals surface area contributed by atoms with Gasteiger partial charge in [0.2, 0.25) is 0 Å². The summed E-state index contributed by atoms with van der Waals surface area (Å²) in [5, 5.41) is 7.58. The largest absolute Gasteiger partial charge is 0.300 e. The zero-order valence-electron chi connectivity index (χ0n) is 20.8. The second-order valence-corrected chi connectivity index (χ2v) is 7.39. The molecule has 0 atom stereocenters. The van der Waals surface area contributed by atoms with Crippen LogP contribution < -0.4 is 0 Å². The number of rotatable bonds is 4. The van der Waals surface area contributed by atoms with Gasteiger partial charge in [-0.3, -0.25) is 4.39 Å². The van der Waals surface area contributed by atoms with Gasteiger partial charge in [-0.15, -0.1) is 6.58 Å². The van der Waals surface area contributed by atoms with Gasteiger partial charge in [-0.2, -0.15) is 0 Å². The lowest BCUT2D eigenvalue weighted by Gasteiger charge is -2.12. The second kappa shape index (κ2) is 17.6. The Morgan fingerprint density at radius 2 is 1.63 bits per heavy atom. The van der Waals surface area contributed by atoms with E-state index in [1.165, 1.54) is 29.2 Å². The van der Waals surface area contributed by atoms with Crippen LogP contribution in [-0.4, -0.2) is 12.4 Å². The molecule has 30 heavy (non-hydrogen) atoms. The molecule has 0 amide bonds. The minimum atomic E-state index is -0.250. The molecule has 0 saturated carbocycles. The van der Waals surface area contributed by atoms with E-state index in [-0.39, 0.29) is 6.67 Å². The molecule has 0 saturated heterocycles. The van der Waals surface area contributed by atoms with Crippen molar-refractivity contribution in [2.45, 2.75) is 74.7 Å². The van der Waals surface area contributed by atoms with E-state index in [0.29, 0.717) is 17.5 Å². The fourth-order valence-electron chi connectivity index (χ4n) is 2.64. The molecule has 2 heteroatoms. The van der Waals surface area contributed by atoms with Gasteiger partial charge in [0.15, 0.2) is 0 Å². The molecule has 0 radical (unpaired) electrons. The Labute approximate surface area is 186 Å². The standard InChI is InChI=1S/C13H18.C11H15N.C2H5F.C2H6/c1-5-6-12-7-8-13(10(2)3)9-11(12)4;1-4-9-7-10(8(2)3)5-6-11(9)12;1-2-3;1-2/h5,7-10H,1,6H2,2-4H3;4-8,12H,1-3H3;2H2,1H3;1-2H3/b;9-4-,12-11?;;. The van der Waals surface area contributed by atoms with Crippen LogP contribution in [0.3, 0.4) is 0 Å². The highest BCUT2D eigenvalue weighted by Crippen LogP contribution is 2.20. The number of halogens is 1. The summed E-state index contributed by atoms with van der Waals surface area (Å²) in [7, 11) is 0. The van der Waals surface area contributed by atoms with Crippen LogP contribution in [0.2, 0.25) is 0 Å². The summed E-state index contributed by atoms with van der Waals surface area (Å²) in [5.41, 5.74) is 7.14. The minimum Gasteiger partial charge on any atom is -0.300 e. The zero-order valence-corrected chi connectivity index (χ0v) is 20.8. The van der Waals surface area contributed by atoms with Gasteiger partial charge >= 0.3 is 0 Å². The average molecular weight is 414 g/mol. The van der Waals surface area contributed by atoms with Crippen molar-refractivity contribution < 1.29 is 4.39 Å². The molecule has 0 aromatic heterocycles. The molecule has 0 aliphatic heterocycles. The van der Waals surface area contributed by atoms with Crippen molar-refractivity contribution in [2.75, 3.05) is 6.67 Å². The Hall–Kier alpha value is -2.22. The van der Waals surface area contributed by atoms with Gasteiger partial charge in [0.05, 0.1) is 12.4 Å². The summed E-state index contributed by atoms with van der Waals surface area (Å²) in [6, 6.07) is 6.71. The predicted octanol–water partition coefficient (Wildman–Crippen LogP) is 8.95. The SMILES string of the molecule is C/C=C1/C=C(C(C)C)C=CC1=N.C=CCc1ccc(C(C)C)cc1C.CC.CCF. The Balaban J connectivity index is 0. The summed E-state index contributed by atoms with van der Waals surface area (Å²) in [6.07, 6.45) is 10.9. The zero-order chi connectivity index (χ0) is 23.7. The quantitative estimate of drug-likeness (QED) is 0.476. The summed E-state index contributed by atoms with van der Waals surface area (Å²) < 4.78 is 10.3. The molecule has 1 nitrogen and oxygen atoms in total. The Morgan fingerprint density at radius 3 is 2.03 bits per heavy atom. The van der Waals surface area contributed by atoms with Gasteiger partial charge in [0, 0.05) is 0 Å². The molecular formula is C28H44FN. The van der Waals surface area contributed by atoms with E-state index in [0.717, 1.165) is 12.0 Å². The maximum absolute atomic E-state index is 10.3. The fourth-order valence-corrected chi connectivity index (χ4v) is 2.64. The highest BCUT2D eigenvalue weighted by atomic mass is 19.1. The van der Waals surface area contributed by atoms with E-state index in [9.17, 15) is 4.39 Å². The summed E-state index contributed by atoms with van der Waals surface area (Å²) in [4.78, 5) is 0. The van der Waals surface area contributed by atoms with Crippen LogP contribution in [-0.2, 0) is 6.42 Å². The van der Waals surface area contributed by atoms with Gasteiger partial charge in [-0.1, -0.05) is 78.0 Å².